The third-order valence-electron chi connectivity index (χ3n) is 8.79. The van der Waals surface area contributed by atoms with Gasteiger partial charge in [0.05, 0.1) is 22.4 Å². The molecule has 0 aliphatic heterocycles. The average Bonchev–Trinajstić information content (AvgIpc) is 3.69. The van der Waals surface area contributed by atoms with Crippen LogP contribution >= 0.6 is 0 Å². The van der Waals surface area contributed by atoms with Crippen LogP contribution < -0.4 is 4.40 Å². The molecule has 4 heterocycles. The van der Waals surface area contributed by atoms with Crippen LogP contribution in [0.2, 0.25) is 17.3 Å². The number of pyridine rings is 2. The molecular formula is C44H42GeIrN4O-2. The zero-order chi connectivity index (χ0) is 38.6. The molecule has 0 N–H and O–H groups in total. The van der Waals surface area contributed by atoms with E-state index in [1.807, 2.05) is 82.4 Å². The number of fused-ring (bicyclic) bond motifs is 4. The standard InChI is InChI=1S/C26H18N3O.C18H24GeN.Ir/c1-16-14-18(15-17(2)27-16)29-23-12-5-4-11-22(23)28-26(29)21-10-7-9-20-19-8-3-6-13-24(19)30-25(20)21;1-13(2)16-11-18(15-9-7-14(3)8-10-15)20-12-17(16)19(4,5)6;/h3-9,11-15H,1-2H3;7-9,11-13H,1-6H3;/q2*-1;/i;3D3,13D;. The molecule has 5 nitrogen and oxygen atoms in total. The maximum atomic E-state index is 8.49. The summed E-state index contributed by atoms with van der Waals surface area (Å²) in [6.07, 6.45) is 1.91. The van der Waals surface area contributed by atoms with E-state index < -0.39 is 26.0 Å². The number of hydrogen-bond donors (Lipinski definition) is 0. The summed E-state index contributed by atoms with van der Waals surface area (Å²) in [6.45, 7) is 5.69. The van der Waals surface area contributed by atoms with E-state index in [4.69, 9.17) is 14.9 Å². The van der Waals surface area contributed by atoms with Gasteiger partial charge in [-0.25, -0.2) is 0 Å². The van der Waals surface area contributed by atoms with Crippen LogP contribution in [-0.4, -0.2) is 32.8 Å². The smallest absolute Gasteiger partial charge is 0 e. The second-order valence-corrected chi connectivity index (χ2v) is 24.5. The van der Waals surface area contributed by atoms with Gasteiger partial charge < -0.3 is 8.98 Å². The first kappa shape index (κ1) is 31.4. The first-order valence-electron chi connectivity index (χ1n) is 18.8. The van der Waals surface area contributed by atoms with Gasteiger partial charge in [0.25, 0.3) is 0 Å². The minimum atomic E-state index is -2.14. The first-order valence-corrected chi connectivity index (χ1v) is 24.1. The molecule has 0 saturated heterocycles. The second kappa shape index (κ2) is 14.7. The molecular weight excluding hydrogens is 865 g/mol. The van der Waals surface area contributed by atoms with Crippen LogP contribution in [-0.2, 0) is 20.1 Å². The Kier molecular flexibility index (Phi) is 9.05. The Morgan fingerprint density at radius 2 is 1.61 bits per heavy atom. The maximum Gasteiger partial charge on any atom is 0 e. The van der Waals surface area contributed by atoms with Gasteiger partial charge in [-0.1, -0.05) is 41.3 Å². The van der Waals surface area contributed by atoms with E-state index in [1.54, 1.807) is 12.1 Å². The van der Waals surface area contributed by atoms with Crippen molar-refractivity contribution in [2.45, 2.75) is 57.7 Å². The SMILES string of the molecule is Cc1cc(-n2c(-c3[c-]ccc4c3oc3ccccc34)nc3ccccc32)cc(C)n1.[2H]C([2H])([2H])c1c[c-]c(-c2cc(C([2H])(C)C)[c]([Ge]([CH3])([CH3])[CH3])cn2)cc1.[Ir]. The number of hydrogen-bond acceptors (Lipinski definition) is 4. The Morgan fingerprint density at radius 1 is 0.863 bits per heavy atom. The normalized spacial score (nSPS) is 13.2. The van der Waals surface area contributed by atoms with E-state index in [1.165, 1.54) is 10.5 Å². The van der Waals surface area contributed by atoms with Crippen LogP contribution in [0.1, 0.15) is 47.7 Å². The Hall–Kier alpha value is -4.36. The van der Waals surface area contributed by atoms with Crippen molar-refractivity contribution in [3.8, 4) is 28.3 Å². The van der Waals surface area contributed by atoms with Crippen LogP contribution in [0.5, 0.6) is 0 Å². The van der Waals surface area contributed by atoms with Gasteiger partial charge in [-0.05, 0) is 44.2 Å². The molecule has 1 radical (unpaired) electrons. The molecule has 4 aromatic carbocycles. The third kappa shape index (κ3) is 7.37. The first-order chi connectivity index (χ1) is 25.5. The number of aromatic nitrogens is 4. The fourth-order valence-electron chi connectivity index (χ4n) is 6.45. The number of benzene rings is 4. The summed E-state index contributed by atoms with van der Waals surface area (Å²) in [5, 5.41) is 2.17. The van der Waals surface area contributed by atoms with Crippen molar-refractivity contribution in [1.29, 1.82) is 0 Å². The predicted octanol–water partition coefficient (Wildman–Crippen LogP) is 10.9. The molecule has 51 heavy (non-hydrogen) atoms. The molecule has 8 aromatic rings. The van der Waals surface area contributed by atoms with Crippen LogP contribution in [0.3, 0.4) is 0 Å². The number of nitrogens with zero attached hydrogens (tertiary/aromatic N) is 4. The quantitative estimate of drug-likeness (QED) is 0.128. The summed E-state index contributed by atoms with van der Waals surface area (Å²) in [4.78, 5) is 14.1. The summed E-state index contributed by atoms with van der Waals surface area (Å²) < 4.78 is 40.5. The summed E-state index contributed by atoms with van der Waals surface area (Å²) in [6, 6.07) is 37.7. The molecule has 0 fully saturated rings. The van der Waals surface area contributed by atoms with Gasteiger partial charge in [-0.3, -0.25) is 9.97 Å². The van der Waals surface area contributed by atoms with Gasteiger partial charge in [0, 0.05) is 42.6 Å². The Bertz CT molecular complexity index is 2630. The van der Waals surface area contributed by atoms with Gasteiger partial charge in [0.1, 0.15) is 5.58 Å². The van der Waals surface area contributed by atoms with Crippen molar-refractivity contribution in [3.63, 3.8) is 0 Å². The molecule has 0 aliphatic rings. The molecule has 0 spiro atoms. The molecule has 0 aliphatic carbocycles. The van der Waals surface area contributed by atoms with E-state index in [-0.39, 0.29) is 25.7 Å². The molecule has 0 atom stereocenters. The number of para-hydroxylation sites is 3. The van der Waals surface area contributed by atoms with E-state index >= 15 is 0 Å². The van der Waals surface area contributed by atoms with E-state index in [0.717, 1.165) is 78.3 Å². The van der Waals surface area contributed by atoms with E-state index in [2.05, 4.69) is 74.3 Å². The molecule has 0 saturated carbocycles. The zero-order valence-corrected chi connectivity index (χ0v) is 34.3. The maximum absolute atomic E-state index is 8.49. The van der Waals surface area contributed by atoms with Gasteiger partial charge in [0.15, 0.2) is 0 Å². The van der Waals surface area contributed by atoms with Crippen molar-refractivity contribution in [2.24, 2.45) is 0 Å². The van der Waals surface area contributed by atoms with Crippen molar-refractivity contribution in [2.75, 3.05) is 0 Å². The molecule has 8 rings (SSSR count). The van der Waals surface area contributed by atoms with E-state index in [9.17, 15) is 0 Å². The minimum absolute atomic E-state index is 0. The topological polar surface area (TPSA) is 56.7 Å². The van der Waals surface area contributed by atoms with Gasteiger partial charge >= 0.3 is 131 Å². The summed E-state index contributed by atoms with van der Waals surface area (Å²) in [7, 11) is 0. The molecule has 0 amide bonds. The van der Waals surface area contributed by atoms with Gasteiger partial charge in [0.2, 0.25) is 0 Å². The fraction of sp³-hybridized carbons (Fsp3) is 0.205. The predicted molar refractivity (Wildman–Crippen MR) is 210 cm³/mol. The van der Waals surface area contributed by atoms with Crippen LogP contribution in [0.25, 0.3) is 61.3 Å². The zero-order valence-electron chi connectivity index (χ0n) is 33.8. The average molecular weight is 912 g/mol. The van der Waals surface area contributed by atoms with E-state index in [0.29, 0.717) is 0 Å². The fourth-order valence-corrected chi connectivity index (χ4v) is 9.77. The Labute approximate surface area is 322 Å². The number of aryl methyl sites for hydroxylation is 3. The molecule has 7 heteroatoms. The molecule has 0 bridgehead atoms. The number of imidazole rings is 1. The van der Waals surface area contributed by atoms with Crippen molar-refractivity contribution in [3.05, 3.63) is 138 Å². The van der Waals surface area contributed by atoms with Crippen molar-refractivity contribution in [1.82, 2.24) is 19.5 Å². The molecule has 259 valence electrons. The minimum Gasteiger partial charge on any atom is 0 e. The van der Waals surface area contributed by atoms with Crippen molar-refractivity contribution < 1.29 is 30.0 Å². The summed E-state index contributed by atoms with van der Waals surface area (Å²) >= 11 is -2.14. The summed E-state index contributed by atoms with van der Waals surface area (Å²) in [5.74, 6) is 6.99. The largest absolute Gasteiger partial charge is 0 e. The van der Waals surface area contributed by atoms with Gasteiger partial charge in [-0.2, -0.15) is 0 Å². The Morgan fingerprint density at radius 3 is 2.31 bits per heavy atom. The van der Waals surface area contributed by atoms with Crippen LogP contribution in [0.15, 0.2) is 108 Å². The van der Waals surface area contributed by atoms with Gasteiger partial charge in [-0.15, -0.1) is 18.2 Å². The Balaban J connectivity index is 0.000000189. The number of rotatable bonds is 5. The monoisotopic (exact) mass is 913 g/mol. The van der Waals surface area contributed by atoms with Crippen LogP contribution in [0.4, 0.5) is 0 Å². The van der Waals surface area contributed by atoms with Crippen LogP contribution in [0, 0.1) is 32.8 Å². The van der Waals surface area contributed by atoms with Crippen molar-refractivity contribution >= 4 is 50.6 Å². The third-order valence-corrected chi connectivity index (χ3v) is 13.0. The second-order valence-electron chi connectivity index (χ2n) is 13.9. The molecule has 4 aromatic heterocycles. The molecule has 0 unspecified atom stereocenters. The summed E-state index contributed by atoms with van der Waals surface area (Å²) in [5.41, 5.74) is 10.2. The number of furan rings is 1.